The van der Waals surface area contributed by atoms with E-state index < -0.39 is 5.91 Å². The predicted octanol–water partition coefficient (Wildman–Crippen LogP) is 0.901. The van der Waals surface area contributed by atoms with Crippen molar-refractivity contribution in [3.63, 3.8) is 0 Å². The number of amides is 1. The first-order valence-electron chi connectivity index (χ1n) is 4.88. The second kappa shape index (κ2) is 4.48. The zero-order valence-electron chi connectivity index (χ0n) is 8.92. The largest absolute Gasteiger partial charge is 0.397 e. The lowest BCUT2D eigenvalue weighted by Crippen LogP contribution is -2.11. The van der Waals surface area contributed by atoms with Crippen molar-refractivity contribution in [1.29, 1.82) is 0 Å². The Labute approximate surface area is 97.7 Å². The lowest BCUT2D eigenvalue weighted by Gasteiger charge is -2.09. The molecule has 17 heavy (non-hydrogen) atoms. The fraction of sp³-hybridized carbons (Fsp3) is 0. The van der Waals surface area contributed by atoms with Gasteiger partial charge in [0, 0.05) is 5.56 Å². The van der Waals surface area contributed by atoms with Crippen LogP contribution in [0.1, 0.15) is 10.4 Å². The predicted molar refractivity (Wildman–Crippen MR) is 64.7 cm³/mol. The van der Waals surface area contributed by atoms with E-state index in [0.717, 1.165) is 0 Å². The van der Waals surface area contributed by atoms with E-state index in [2.05, 4.69) is 15.3 Å². The number of primary amides is 1. The van der Waals surface area contributed by atoms with Gasteiger partial charge in [-0.25, -0.2) is 9.97 Å². The molecule has 0 saturated heterocycles. The maximum atomic E-state index is 10.9. The summed E-state index contributed by atoms with van der Waals surface area (Å²) in [5, 5.41) is 3.04. The lowest BCUT2D eigenvalue weighted by atomic mass is 10.1. The van der Waals surface area contributed by atoms with Gasteiger partial charge in [-0.3, -0.25) is 4.79 Å². The summed E-state index contributed by atoms with van der Waals surface area (Å²) in [4.78, 5) is 18.7. The third kappa shape index (κ3) is 2.49. The number of hydrogen-bond acceptors (Lipinski definition) is 5. The molecular formula is C11H11N5O. The molecule has 6 heteroatoms. The highest BCUT2D eigenvalue weighted by atomic mass is 16.1. The van der Waals surface area contributed by atoms with Crippen LogP contribution in [0.15, 0.2) is 36.9 Å². The van der Waals surface area contributed by atoms with Crippen molar-refractivity contribution in [3.8, 4) is 0 Å². The summed E-state index contributed by atoms with van der Waals surface area (Å²) in [6.07, 6.45) is 4.67. The number of nitrogens with two attached hydrogens (primary N) is 2. The molecule has 0 fully saturated rings. The summed E-state index contributed by atoms with van der Waals surface area (Å²) >= 11 is 0. The highest BCUT2D eigenvalue weighted by Gasteiger charge is 2.05. The minimum atomic E-state index is -0.508. The van der Waals surface area contributed by atoms with Crippen LogP contribution in [0.25, 0.3) is 0 Å². The minimum Gasteiger partial charge on any atom is -0.397 e. The molecule has 0 aliphatic rings. The van der Waals surface area contributed by atoms with Gasteiger partial charge in [-0.1, -0.05) is 0 Å². The Morgan fingerprint density at radius 1 is 1.24 bits per heavy atom. The Balaban J connectivity index is 2.26. The van der Waals surface area contributed by atoms with Crippen LogP contribution in [-0.2, 0) is 0 Å². The number of rotatable bonds is 3. The fourth-order valence-electron chi connectivity index (χ4n) is 1.35. The van der Waals surface area contributed by atoms with Crippen LogP contribution in [-0.4, -0.2) is 15.9 Å². The number of nitrogen functional groups attached to an aromatic ring is 1. The number of anilines is 3. The van der Waals surface area contributed by atoms with E-state index in [4.69, 9.17) is 11.5 Å². The van der Waals surface area contributed by atoms with Gasteiger partial charge in [0.1, 0.15) is 6.33 Å². The van der Waals surface area contributed by atoms with Gasteiger partial charge in [-0.05, 0) is 18.2 Å². The summed E-state index contributed by atoms with van der Waals surface area (Å²) in [5.41, 5.74) is 13.1. The van der Waals surface area contributed by atoms with E-state index in [9.17, 15) is 4.79 Å². The molecule has 0 unspecified atom stereocenters. The highest BCUT2D eigenvalue weighted by molar-refractivity contribution is 5.95. The molecule has 1 aromatic heterocycles. The lowest BCUT2D eigenvalue weighted by molar-refractivity contribution is 0.100. The van der Waals surface area contributed by atoms with Crippen LogP contribution in [0, 0.1) is 0 Å². The third-order valence-corrected chi connectivity index (χ3v) is 2.18. The number of benzene rings is 1. The Hall–Kier alpha value is -2.63. The maximum absolute atomic E-state index is 10.9. The first kappa shape index (κ1) is 10.9. The molecule has 0 bridgehead atoms. The molecule has 1 aromatic carbocycles. The zero-order valence-corrected chi connectivity index (χ0v) is 8.92. The molecule has 0 saturated carbocycles. The molecule has 6 nitrogen and oxygen atoms in total. The van der Waals surface area contributed by atoms with Crippen molar-refractivity contribution in [3.05, 3.63) is 42.5 Å². The summed E-state index contributed by atoms with van der Waals surface area (Å²) in [6, 6.07) is 4.81. The van der Waals surface area contributed by atoms with Gasteiger partial charge in [0.05, 0.1) is 29.5 Å². The molecule has 0 spiro atoms. The van der Waals surface area contributed by atoms with Crippen molar-refractivity contribution < 1.29 is 4.79 Å². The minimum absolute atomic E-state index is 0.373. The number of carbonyl (C=O) groups excluding carboxylic acids is 1. The number of nitrogens with one attached hydrogen (secondary N) is 1. The van der Waals surface area contributed by atoms with Gasteiger partial charge in [0.2, 0.25) is 5.91 Å². The molecular weight excluding hydrogens is 218 g/mol. The van der Waals surface area contributed by atoms with Gasteiger partial charge < -0.3 is 16.8 Å². The molecule has 0 atom stereocenters. The number of nitrogens with zero attached hydrogens (tertiary/aromatic N) is 2. The molecule has 0 aliphatic carbocycles. The summed E-state index contributed by atoms with van der Waals surface area (Å²) in [5.74, 6) is -0.508. The molecule has 2 aromatic rings. The van der Waals surface area contributed by atoms with Crippen molar-refractivity contribution in [1.82, 2.24) is 9.97 Å². The topological polar surface area (TPSA) is 107 Å². The third-order valence-electron chi connectivity index (χ3n) is 2.18. The average molecular weight is 229 g/mol. The van der Waals surface area contributed by atoms with Gasteiger partial charge in [0.15, 0.2) is 0 Å². The van der Waals surface area contributed by atoms with Crippen molar-refractivity contribution in [2.75, 3.05) is 11.1 Å². The number of hydrogen-bond donors (Lipinski definition) is 3. The van der Waals surface area contributed by atoms with E-state index in [-0.39, 0.29) is 0 Å². The van der Waals surface area contributed by atoms with Crippen LogP contribution in [0.5, 0.6) is 0 Å². The van der Waals surface area contributed by atoms with Gasteiger partial charge in [-0.2, -0.15) is 0 Å². The Bertz CT molecular complexity index is 541. The van der Waals surface area contributed by atoms with Gasteiger partial charge in [0.25, 0.3) is 0 Å². The molecule has 0 aliphatic heterocycles. The van der Waals surface area contributed by atoms with Crippen LogP contribution in [0.3, 0.4) is 0 Å². The summed E-state index contributed by atoms with van der Waals surface area (Å²) < 4.78 is 0. The Morgan fingerprint density at radius 3 is 2.53 bits per heavy atom. The first-order valence-corrected chi connectivity index (χ1v) is 4.88. The Morgan fingerprint density at radius 2 is 1.94 bits per heavy atom. The normalized spacial score (nSPS) is 9.88. The molecule has 1 heterocycles. The Kier molecular flexibility index (Phi) is 2.87. The van der Waals surface area contributed by atoms with Crippen molar-refractivity contribution >= 4 is 23.0 Å². The van der Waals surface area contributed by atoms with Crippen LogP contribution in [0.2, 0.25) is 0 Å². The van der Waals surface area contributed by atoms with Crippen molar-refractivity contribution in [2.45, 2.75) is 0 Å². The number of aromatic nitrogens is 2. The van der Waals surface area contributed by atoms with E-state index >= 15 is 0 Å². The maximum Gasteiger partial charge on any atom is 0.248 e. The summed E-state index contributed by atoms with van der Waals surface area (Å²) in [7, 11) is 0. The van der Waals surface area contributed by atoms with Crippen LogP contribution in [0.4, 0.5) is 17.1 Å². The molecule has 86 valence electrons. The monoisotopic (exact) mass is 229 g/mol. The molecule has 2 rings (SSSR count). The summed E-state index contributed by atoms with van der Waals surface area (Å²) in [6.45, 7) is 0. The second-order valence-corrected chi connectivity index (χ2v) is 3.42. The molecule has 1 amide bonds. The van der Waals surface area contributed by atoms with Crippen LogP contribution >= 0.6 is 0 Å². The van der Waals surface area contributed by atoms with Crippen LogP contribution < -0.4 is 16.8 Å². The highest BCUT2D eigenvalue weighted by Crippen LogP contribution is 2.23. The van der Waals surface area contributed by atoms with Gasteiger partial charge >= 0.3 is 0 Å². The molecule has 0 radical (unpaired) electrons. The van der Waals surface area contributed by atoms with Crippen molar-refractivity contribution in [2.24, 2.45) is 5.73 Å². The quantitative estimate of drug-likeness (QED) is 0.678. The smallest absolute Gasteiger partial charge is 0.248 e. The number of carbonyl (C=O) groups is 1. The average Bonchev–Trinajstić information content (AvgIpc) is 2.33. The van der Waals surface area contributed by atoms with E-state index in [1.165, 1.54) is 12.4 Å². The fourth-order valence-corrected chi connectivity index (χ4v) is 1.35. The zero-order chi connectivity index (χ0) is 12.3. The first-order chi connectivity index (χ1) is 8.16. The second-order valence-electron chi connectivity index (χ2n) is 3.42. The van der Waals surface area contributed by atoms with Gasteiger partial charge in [-0.15, -0.1) is 0 Å². The van der Waals surface area contributed by atoms with E-state index in [0.29, 0.717) is 22.6 Å². The SMILES string of the molecule is NC(=O)c1ccc(Nc2cncnc2)c(N)c1. The van der Waals surface area contributed by atoms with E-state index in [1.54, 1.807) is 24.5 Å². The van der Waals surface area contributed by atoms with E-state index in [1.807, 2.05) is 0 Å². The molecule has 5 N–H and O–H groups in total. The standard InChI is InChI=1S/C11H11N5O/c12-9-3-7(11(13)17)1-2-10(9)16-8-4-14-6-15-5-8/h1-6,16H,12H2,(H2,13,17).